The van der Waals surface area contributed by atoms with Crippen molar-refractivity contribution in [1.29, 1.82) is 0 Å². The summed E-state index contributed by atoms with van der Waals surface area (Å²) in [6.45, 7) is 8.53. The molecule has 0 saturated carbocycles. The SMILES string of the molecule is Cc1nnc(SCc2ccc(C(C)(C)C)cc2)n1CC(N)=O. The molecule has 22 heavy (non-hydrogen) atoms. The minimum Gasteiger partial charge on any atom is -0.368 e. The summed E-state index contributed by atoms with van der Waals surface area (Å²) < 4.78 is 1.75. The smallest absolute Gasteiger partial charge is 0.237 e. The molecule has 2 N–H and O–H groups in total. The van der Waals surface area contributed by atoms with Gasteiger partial charge >= 0.3 is 0 Å². The van der Waals surface area contributed by atoms with Crippen LogP contribution in [0.25, 0.3) is 0 Å². The van der Waals surface area contributed by atoms with E-state index >= 15 is 0 Å². The van der Waals surface area contributed by atoms with Gasteiger partial charge in [-0.05, 0) is 23.5 Å². The van der Waals surface area contributed by atoms with E-state index in [1.807, 2.05) is 6.92 Å². The summed E-state index contributed by atoms with van der Waals surface area (Å²) in [5.74, 6) is 1.09. The van der Waals surface area contributed by atoms with Crippen LogP contribution in [-0.2, 0) is 22.5 Å². The Morgan fingerprint density at radius 2 is 1.86 bits per heavy atom. The first-order valence-corrected chi connectivity index (χ1v) is 8.16. The highest BCUT2D eigenvalue weighted by molar-refractivity contribution is 7.98. The van der Waals surface area contributed by atoms with Gasteiger partial charge < -0.3 is 5.73 Å². The molecule has 1 amide bonds. The molecule has 0 atom stereocenters. The fourth-order valence-corrected chi connectivity index (χ4v) is 2.99. The van der Waals surface area contributed by atoms with Crippen molar-refractivity contribution in [2.45, 2.75) is 50.6 Å². The third-order valence-corrected chi connectivity index (χ3v) is 4.44. The molecule has 1 aromatic carbocycles. The highest BCUT2D eigenvalue weighted by Gasteiger charge is 2.14. The van der Waals surface area contributed by atoms with Crippen LogP contribution in [0.5, 0.6) is 0 Å². The van der Waals surface area contributed by atoms with Crippen LogP contribution in [0.2, 0.25) is 0 Å². The predicted molar refractivity (Wildman–Crippen MR) is 88.7 cm³/mol. The number of rotatable bonds is 5. The van der Waals surface area contributed by atoms with Crippen LogP contribution < -0.4 is 5.73 Å². The maximum atomic E-state index is 11.1. The zero-order valence-corrected chi connectivity index (χ0v) is 14.3. The van der Waals surface area contributed by atoms with Crippen LogP contribution in [0.15, 0.2) is 29.4 Å². The Bertz CT molecular complexity index is 656. The van der Waals surface area contributed by atoms with Crippen LogP contribution in [0.3, 0.4) is 0 Å². The summed E-state index contributed by atoms with van der Waals surface area (Å²) in [7, 11) is 0. The van der Waals surface area contributed by atoms with E-state index in [4.69, 9.17) is 5.73 Å². The Balaban J connectivity index is 2.06. The van der Waals surface area contributed by atoms with E-state index in [0.29, 0.717) is 5.82 Å². The molecular formula is C16H22N4OS. The zero-order valence-electron chi connectivity index (χ0n) is 13.5. The van der Waals surface area contributed by atoms with Gasteiger partial charge in [-0.25, -0.2) is 0 Å². The summed E-state index contributed by atoms with van der Waals surface area (Å²) in [6.07, 6.45) is 0. The van der Waals surface area contributed by atoms with Gasteiger partial charge in [0.05, 0.1) is 0 Å². The Morgan fingerprint density at radius 1 is 1.23 bits per heavy atom. The van der Waals surface area contributed by atoms with Gasteiger partial charge in [0.25, 0.3) is 0 Å². The Labute approximate surface area is 135 Å². The first-order chi connectivity index (χ1) is 10.3. The number of hydrogen-bond acceptors (Lipinski definition) is 4. The van der Waals surface area contributed by atoms with Crippen molar-refractivity contribution in [3.05, 3.63) is 41.2 Å². The summed E-state index contributed by atoms with van der Waals surface area (Å²) in [5.41, 5.74) is 7.94. The third-order valence-electron chi connectivity index (χ3n) is 3.40. The van der Waals surface area contributed by atoms with Crippen molar-refractivity contribution < 1.29 is 4.79 Å². The average Bonchev–Trinajstić information content (AvgIpc) is 2.76. The number of carbonyl (C=O) groups excluding carboxylic acids is 1. The lowest BCUT2D eigenvalue weighted by molar-refractivity contribution is -0.118. The summed E-state index contributed by atoms with van der Waals surface area (Å²) in [4.78, 5) is 11.1. The van der Waals surface area contributed by atoms with Crippen LogP contribution >= 0.6 is 11.8 Å². The van der Waals surface area contributed by atoms with Crippen molar-refractivity contribution in [2.75, 3.05) is 0 Å². The van der Waals surface area contributed by atoms with Crippen molar-refractivity contribution >= 4 is 17.7 Å². The van der Waals surface area contributed by atoms with Crippen LogP contribution in [-0.4, -0.2) is 20.7 Å². The van der Waals surface area contributed by atoms with Crippen LogP contribution in [0.1, 0.15) is 37.7 Å². The topological polar surface area (TPSA) is 73.8 Å². The Hall–Kier alpha value is -1.82. The van der Waals surface area contributed by atoms with E-state index in [9.17, 15) is 4.79 Å². The van der Waals surface area contributed by atoms with Crippen molar-refractivity contribution in [1.82, 2.24) is 14.8 Å². The fourth-order valence-electron chi connectivity index (χ4n) is 2.06. The number of primary amides is 1. The number of aromatic nitrogens is 3. The maximum absolute atomic E-state index is 11.1. The number of carbonyl (C=O) groups is 1. The molecule has 0 bridgehead atoms. The molecule has 2 rings (SSSR count). The van der Waals surface area contributed by atoms with E-state index in [0.717, 1.165) is 10.9 Å². The average molecular weight is 318 g/mol. The third kappa shape index (κ3) is 4.10. The first-order valence-electron chi connectivity index (χ1n) is 7.17. The molecule has 1 aromatic heterocycles. The van der Waals surface area contributed by atoms with Gasteiger partial charge in [0.15, 0.2) is 5.16 Å². The van der Waals surface area contributed by atoms with Crippen LogP contribution in [0.4, 0.5) is 0 Å². The molecule has 0 aliphatic heterocycles. The number of nitrogens with two attached hydrogens (primary N) is 1. The van der Waals surface area contributed by atoms with E-state index in [1.165, 1.54) is 11.1 Å². The quantitative estimate of drug-likeness (QED) is 0.860. The summed E-state index contributed by atoms with van der Waals surface area (Å²) in [6, 6.07) is 8.59. The zero-order chi connectivity index (χ0) is 16.3. The second-order valence-electron chi connectivity index (χ2n) is 6.32. The van der Waals surface area contributed by atoms with E-state index < -0.39 is 0 Å². The maximum Gasteiger partial charge on any atom is 0.237 e. The molecule has 1 heterocycles. The standard InChI is InChI=1S/C16H22N4OS/c1-11-18-19-15(20(11)9-14(17)21)22-10-12-5-7-13(8-6-12)16(2,3)4/h5-8H,9-10H2,1-4H3,(H2,17,21). The molecule has 5 nitrogen and oxygen atoms in total. The predicted octanol–water partition coefficient (Wildman–Crippen LogP) is 2.66. The Kier molecular flexibility index (Phi) is 4.90. The second kappa shape index (κ2) is 6.52. The van der Waals surface area contributed by atoms with E-state index in [1.54, 1.807) is 16.3 Å². The highest BCUT2D eigenvalue weighted by Crippen LogP contribution is 2.25. The first kappa shape index (κ1) is 16.5. The van der Waals surface area contributed by atoms with Crippen molar-refractivity contribution in [3.8, 4) is 0 Å². The second-order valence-corrected chi connectivity index (χ2v) is 7.26. The molecule has 0 unspecified atom stereocenters. The number of hydrogen-bond donors (Lipinski definition) is 1. The molecule has 0 spiro atoms. The van der Waals surface area contributed by atoms with Crippen LogP contribution in [0, 0.1) is 6.92 Å². The van der Waals surface area contributed by atoms with Gasteiger partial charge in [-0.3, -0.25) is 9.36 Å². The van der Waals surface area contributed by atoms with E-state index in [2.05, 4.69) is 55.2 Å². The number of thioether (sulfide) groups is 1. The van der Waals surface area contributed by atoms with Gasteiger partial charge in [0.1, 0.15) is 12.4 Å². The number of aryl methyl sites for hydroxylation is 1. The molecule has 0 radical (unpaired) electrons. The molecule has 6 heteroatoms. The number of benzene rings is 1. The summed E-state index contributed by atoms with van der Waals surface area (Å²) in [5, 5.41) is 8.84. The van der Waals surface area contributed by atoms with Gasteiger partial charge in [0, 0.05) is 5.75 Å². The lowest BCUT2D eigenvalue weighted by atomic mass is 9.87. The lowest BCUT2D eigenvalue weighted by Gasteiger charge is -2.19. The largest absolute Gasteiger partial charge is 0.368 e. The van der Waals surface area contributed by atoms with Gasteiger partial charge in [-0.2, -0.15) is 0 Å². The monoisotopic (exact) mass is 318 g/mol. The van der Waals surface area contributed by atoms with E-state index in [-0.39, 0.29) is 17.9 Å². The van der Waals surface area contributed by atoms with Crippen molar-refractivity contribution in [2.24, 2.45) is 5.73 Å². The molecular weight excluding hydrogens is 296 g/mol. The lowest BCUT2D eigenvalue weighted by Crippen LogP contribution is -2.20. The number of nitrogens with zero attached hydrogens (tertiary/aromatic N) is 3. The number of amides is 1. The molecule has 118 valence electrons. The molecule has 0 aliphatic rings. The summed E-state index contributed by atoms with van der Waals surface area (Å²) >= 11 is 1.56. The van der Waals surface area contributed by atoms with Gasteiger partial charge in [0.2, 0.25) is 5.91 Å². The van der Waals surface area contributed by atoms with Gasteiger partial charge in [-0.15, -0.1) is 10.2 Å². The molecule has 0 saturated heterocycles. The van der Waals surface area contributed by atoms with Crippen molar-refractivity contribution in [3.63, 3.8) is 0 Å². The fraction of sp³-hybridized carbons (Fsp3) is 0.438. The molecule has 0 fully saturated rings. The van der Waals surface area contributed by atoms with Gasteiger partial charge in [-0.1, -0.05) is 56.8 Å². The molecule has 0 aliphatic carbocycles. The normalized spacial score (nSPS) is 11.6. The Morgan fingerprint density at radius 3 is 2.41 bits per heavy atom. The minimum absolute atomic E-state index is 0.115. The highest BCUT2D eigenvalue weighted by atomic mass is 32.2. The molecule has 2 aromatic rings. The minimum atomic E-state index is -0.390.